The molecule has 4 rings (SSSR count). The maximum atomic E-state index is 6.10. The first-order valence-electron chi connectivity index (χ1n) is 8.74. The highest BCUT2D eigenvalue weighted by atomic mass is 16.5. The topological polar surface area (TPSA) is 56.5 Å². The third kappa shape index (κ3) is 2.99. The predicted molar refractivity (Wildman–Crippen MR) is 90.7 cm³/mol. The van der Waals surface area contributed by atoms with E-state index in [-0.39, 0.29) is 5.60 Å². The highest BCUT2D eigenvalue weighted by Gasteiger charge is 2.45. The number of aryl methyl sites for hydroxylation is 1. The van der Waals surface area contributed by atoms with Gasteiger partial charge in [0.25, 0.3) is 0 Å². The molecule has 1 aromatic heterocycles. The van der Waals surface area contributed by atoms with Crippen molar-refractivity contribution in [1.29, 1.82) is 0 Å². The number of nitrogens with zero attached hydrogens (tertiary/aromatic N) is 1. The van der Waals surface area contributed by atoms with Crippen LogP contribution in [0.4, 0.5) is 0 Å². The van der Waals surface area contributed by atoms with Crippen molar-refractivity contribution in [2.75, 3.05) is 19.8 Å². The molecule has 128 valence electrons. The highest BCUT2D eigenvalue weighted by Crippen LogP contribution is 2.35. The van der Waals surface area contributed by atoms with E-state index in [1.165, 1.54) is 0 Å². The van der Waals surface area contributed by atoms with Gasteiger partial charge in [-0.2, -0.15) is 0 Å². The van der Waals surface area contributed by atoms with Crippen molar-refractivity contribution in [2.45, 2.75) is 44.4 Å². The van der Waals surface area contributed by atoms with E-state index in [0.717, 1.165) is 56.1 Å². The van der Waals surface area contributed by atoms with Crippen LogP contribution in [0.1, 0.15) is 30.7 Å². The third-order valence-electron chi connectivity index (χ3n) is 5.20. The predicted octanol–water partition coefficient (Wildman–Crippen LogP) is 3.08. The summed E-state index contributed by atoms with van der Waals surface area (Å²) in [7, 11) is 0. The van der Waals surface area contributed by atoms with Crippen molar-refractivity contribution in [3.05, 3.63) is 41.8 Å². The zero-order valence-electron chi connectivity index (χ0n) is 14.1. The van der Waals surface area contributed by atoms with Crippen LogP contribution < -0.4 is 5.32 Å². The molecule has 2 fully saturated rings. The summed E-state index contributed by atoms with van der Waals surface area (Å²) in [5.41, 5.74) is 1.93. The van der Waals surface area contributed by atoms with Gasteiger partial charge < -0.3 is 19.2 Å². The van der Waals surface area contributed by atoms with Crippen LogP contribution in [0.5, 0.6) is 0 Å². The van der Waals surface area contributed by atoms with Crippen molar-refractivity contribution in [2.24, 2.45) is 0 Å². The summed E-state index contributed by atoms with van der Waals surface area (Å²) in [4.78, 5) is 4.68. The van der Waals surface area contributed by atoms with Crippen LogP contribution in [0.3, 0.4) is 0 Å². The second kappa shape index (κ2) is 6.67. The first kappa shape index (κ1) is 15.8. The van der Waals surface area contributed by atoms with Crippen molar-refractivity contribution < 1.29 is 13.9 Å². The van der Waals surface area contributed by atoms with Crippen LogP contribution in [0, 0.1) is 6.92 Å². The number of nitrogens with one attached hydrogen (secondary N) is 1. The van der Waals surface area contributed by atoms with Gasteiger partial charge in [0.05, 0.1) is 11.3 Å². The Kier molecular flexibility index (Phi) is 4.39. The monoisotopic (exact) mass is 328 g/mol. The Morgan fingerprint density at radius 1 is 1.17 bits per heavy atom. The lowest BCUT2D eigenvalue weighted by Crippen LogP contribution is -2.50. The van der Waals surface area contributed by atoms with E-state index in [0.29, 0.717) is 18.5 Å². The molecular weight excluding hydrogens is 304 g/mol. The maximum Gasteiger partial charge on any atom is 0.226 e. The average molecular weight is 328 g/mol. The first-order valence-corrected chi connectivity index (χ1v) is 8.74. The molecule has 24 heavy (non-hydrogen) atoms. The number of aromatic nitrogens is 1. The van der Waals surface area contributed by atoms with E-state index >= 15 is 0 Å². The Balaban J connectivity index is 1.45. The molecule has 3 heterocycles. The summed E-state index contributed by atoms with van der Waals surface area (Å²) in [5.74, 6) is 1.56. The summed E-state index contributed by atoms with van der Waals surface area (Å²) in [6.45, 7) is 5.09. The van der Waals surface area contributed by atoms with E-state index in [9.17, 15) is 0 Å². The van der Waals surface area contributed by atoms with Crippen molar-refractivity contribution >= 4 is 0 Å². The van der Waals surface area contributed by atoms with E-state index in [4.69, 9.17) is 13.9 Å². The fourth-order valence-electron chi connectivity index (χ4n) is 3.76. The minimum Gasteiger partial charge on any atom is -0.441 e. The van der Waals surface area contributed by atoms with Crippen molar-refractivity contribution in [3.8, 4) is 11.5 Å². The van der Waals surface area contributed by atoms with E-state index in [1.807, 2.05) is 37.3 Å². The van der Waals surface area contributed by atoms with Gasteiger partial charge >= 0.3 is 0 Å². The Labute approximate surface area is 142 Å². The number of rotatable bonds is 4. The fourth-order valence-corrected chi connectivity index (χ4v) is 3.76. The molecule has 2 aliphatic rings. The fraction of sp³-hybridized carbons (Fsp3) is 0.526. The minimum atomic E-state index is -0.0574. The number of hydrogen-bond acceptors (Lipinski definition) is 5. The average Bonchev–Trinajstić information content (AvgIpc) is 3.18. The molecule has 1 spiro atoms. The molecule has 2 aliphatic heterocycles. The van der Waals surface area contributed by atoms with Gasteiger partial charge in [-0.3, -0.25) is 0 Å². The third-order valence-corrected chi connectivity index (χ3v) is 5.20. The van der Waals surface area contributed by atoms with Crippen molar-refractivity contribution in [1.82, 2.24) is 10.3 Å². The molecule has 2 aromatic rings. The Morgan fingerprint density at radius 2 is 1.96 bits per heavy atom. The van der Waals surface area contributed by atoms with Crippen molar-refractivity contribution in [3.63, 3.8) is 0 Å². The number of ether oxygens (including phenoxy) is 2. The molecule has 1 N–H and O–H groups in total. The lowest BCUT2D eigenvalue weighted by molar-refractivity contribution is -0.0886. The van der Waals surface area contributed by atoms with Crippen LogP contribution in [0.2, 0.25) is 0 Å². The molecule has 5 heteroatoms. The maximum absolute atomic E-state index is 6.10. The van der Waals surface area contributed by atoms with Gasteiger partial charge in [-0.05, 0) is 25.5 Å². The molecule has 5 nitrogen and oxygen atoms in total. The SMILES string of the molecule is Cc1oc(-c2ccccc2)nc1CNC1CCOC12CCOCC2. The Morgan fingerprint density at radius 3 is 2.75 bits per heavy atom. The molecule has 0 radical (unpaired) electrons. The minimum absolute atomic E-state index is 0.0574. The highest BCUT2D eigenvalue weighted by molar-refractivity contribution is 5.53. The number of oxazole rings is 1. The van der Waals surface area contributed by atoms with Gasteiger partial charge in [0, 0.05) is 50.8 Å². The molecule has 1 unspecified atom stereocenters. The summed E-state index contributed by atoms with van der Waals surface area (Å²) in [6, 6.07) is 10.4. The summed E-state index contributed by atoms with van der Waals surface area (Å²) >= 11 is 0. The zero-order chi connectivity index (χ0) is 16.4. The summed E-state index contributed by atoms with van der Waals surface area (Å²) in [6.07, 6.45) is 2.98. The quantitative estimate of drug-likeness (QED) is 0.935. The smallest absolute Gasteiger partial charge is 0.226 e. The van der Waals surface area contributed by atoms with Crippen LogP contribution in [-0.2, 0) is 16.0 Å². The van der Waals surface area contributed by atoms with E-state index in [2.05, 4.69) is 10.3 Å². The normalized spacial score (nSPS) is 23.0. The summed E-state index contributed by atoms with van der Waals surface area (Å²) in [5, 5.41) is 3.66. The van der Waals surface area contributed by atoms with Crippen LogP contribution in [-0.4, -0.2) is 36.4 Å². The molecule has 2 saturated heterocycles. The van der Waals surface area contributed by atoms with E-state index < -0.39 is 0 Å². The Bertz CT molecular complexity index is 677. The largest absolute Gasteiger partial charge is 0.441 e. The van der Waals surface area contributed by atoms with Crippen LogP contribution >= 0.6 is 0 Å². The standard InChI is InChI=1S/C19H24N2O3/c1-14-16(21-18(24-14)15-5-3-2-4-6-15)13-20-17-7-10-23-19(17)8-11-22-12-9-19/h2-6,17,20H,7-13H2,1H3. The Hall–Kier alpha value is -1.69. The lowest BCUT2D eigenvalue weighted by atomic mass is 9.86. The number of benzene rings is 1. The molecule has 0 amide bonds. The van der Waals surface area contributed by atoms with Gasteiger partial charge in [-0.15, -0.1) is 0 Å². The van der Waals surface area contributed by atoms with Gasteiger partial charge in [0.1, 0.15) is 5.76 Å². The van der Waals surface area contributed by atoms with Gasteiger partial charge in [0.15, 0.2) is 0 Å². The lowest BCUT2D eigenvalue weighted by Gasteiger charge is -2.38. The molecule has 0 bridgehead atoms. The second-order valence-corrected chi connectivity index (χ2v) is 6.64. The van der Waals surface area contributed by atoms with Crippen LogP contribution in [0.15, 0.2) is 34.7 Å². The molecule has 1 aromatic carbocycles. The van der Waals surface area contributed by atoms with Gasteiger partial charge in [-0.25, -0.2) is 4.98 Å². The molecule has 0 saturated carbocycles. The number of hydrogen-bond donors (Lipinski definition) is 1. The van der Waals surface area contributed by atoms with Gasteiger partial charge in [0.2, 0.25) is 5.89 Å². The zero-order valence-corrected chi connectivity index (χ0v) is 14.1. The van der Waals surface area contributed by atoms with E-state index in [1.54, 1.807) is 0 Å². The first-order chi connectivity index (χ1) is 11.8. The van der Waals surface area contributed by atoms with Gasteiger partial charge in [-0.1, -0.05) is 18.2 Å². The van der Waals surface area contributed by atoms with Crippen LogP contribution in [0.25, 0.3) is 11.5 Å². The summed E-state index contributed by atoms with van der Waals surface area (Å²) < 4.78 is 17.5. The molecule has 0 aliphatic carbocycles. The molecular formula is C19H24N2O3. The second-order valence-electron chi connectivity index (χ2n) is 6.64. The molecule has 1 atom stereocenters.